The Kier molecular flexibility index (Phi) is 7.75. The Morgan fingerprint density at radius 3 is 2.31 bits per heavy atom. The molecule has 0 saturated carbocycles. The molecule has 7 nitrogen and oxygen atoms in total. The number of carboxylic acid groups (broad SMARTS) is 1. The maximum atomic E-state index is 13.4. The summed E-state index contributed by atoms with van der Waals surface area (Å²) >= 11 is 0. The van der Waals surface area contributed by atoms with Gasteiger partial charge in [0, 0.05) is 30.1 Å². The summed E-state index contributed by atoms with van der Waals surface area (Å²) in [6.45, 7) is 1.24. The summed E-state index contributed by atoms with van der Waals surface area (Å²) in [5.41, 5.74) is 3.39. The first kappa shape index (κ1) is 25.1. The Hall–Kier alpha value is -4.04. The standard InChI is InChI=1S/C28H29FN2O5/c1-34-21-9-11-26(36-3)19(14-21)12-13-30-16-24-23-10-8-22(35-2)15-25(23)31(27(24)28(32)33)17-18-4-6-20(29)7-5-18/h4-11,14-15,30H,12-13,16-17H2,1-3H3,(H,32,33). The second kappa shape index (κ2) is 11.1. The highest BCUT2D eigenvalue weighted by atomic mass is 19.1. The maximum Gasteiger partial charge on any atom is 0.352 e. The van der Waals surface area contributed by atoms with Gasteiger partial charge in [0.25, 0.3) is 0 Å². The van der Waals surface area contributed by atoms with E-state index in [9.17, 15) is 14.3 Å². The number of aromatic carboxylic acids is 1. The molecule has 36 heavy (non-hydrogen) atoms. The van der Waals surface area contributed by atoms with Crippen LogP contribution in [0.5, 0.6) is 17.2 Å². The number of aromatic nitrogens is 1. The van der Waals surface area contributed by atoms with Gasteiger partial charge in [0.2, 0.25) is 0 Å². The van der Waals surface area contributed by atoms with Gasteiger partial charge in [-0.05, 0) is 66.6 Å². The Bertz CT molecular complexity index is 1360. The van der Waals surface area contributed by atoms with Gasteiger partial charge in [0.05, 0.1) is 26.8 Å². The molecule has 0 amide bonds. The predicted molar refractivity (Wildman–Crippen MR) is 136 cm³/mol. The topological polar surface area (TPSA) is 82.0 Å². The van der Waals surface area contributed by atoms with E-state index in [1.807, 2.05) is 36.4 Å². The van der Waals surface area contributed by atoms with Crippen molar-refractivity contribution in [3.8, 4) is 17.2 Å². The van der Waals surface area contributed by atoms with Crippen molar-refractivity contribution in [3.63, 3.8) is 0 Å². The molecule has 3 aromatic carbocycles. The quantitative estimate of drug-likeness (QED) is 0.290. The molecule has 4 rings (SSSR count). The Morgan fingerprint density at radius 2 is 1.64 bits per heavy atom. The Labute approximate surface area is 209 Å². The molecule has 1 aromatic heterocycles. The number of methoxy groups -OCH3 is 3. The smallest absolute Gasteiger partial charge is 0.352 e. The number of nitrogens with zero attached hydrogens (tertiary/aromatic N) is 1. The minimum atomic E-state index is -1.03. The van der Waals surface area contributed by atoms with Crippen LogP contribution in [0.2, 0.25) is 0 Å². The highest BCUT2D eigenvalue weighted by Gasteiger charge is 2.23. The normalized spacial score (nSPS) is 11.0. The van der Waals surface area contributed by atoms with E-state index in [0.717, 1.165) is 33.5 Å². The highest BCUT2D eigenvalue weighted by Crippen LogP contribution is 2.31. The fourth-order valence-electron chi connectivity index (χ4n) is 4.40. The molecule has 0 aliphatic carbocycles. The zero-order chi connectivity index (χ0) is 25.7. The lowest BCUT2D eigenvalue weighted by molar-refractivity contribution is 0.0684. The lowest BCUT2D eigenvalue weighted by Gasteiger charge is -2.12. The molecule has 0 spiro atoms. The minimum Gasteiger partial charge on any atom is -0.497 e. The van der Waals surface area contributed by atoms with E-state index >= 15 is 0 Å². The van der Waals surface area contributed by atoms with Gasteiger partial charge >= 0.3 is 5.97 Å². The number of carbonyl (C=O) groups is 1. The summed E-state index contributed by atoms with van der Waals surface area (Å²) in [4.78, 5) is 12.4. The number of halogens is 1. The van der Waals surface area contributed by atoms with E-state index in [1.54, 1.807) is 38.0 Å². The van der Waals surface area contributed by atoms with Crippen molar-refractivity contribution in [2.24, 2.45) is 0 Å². The molecule has 0 unspecified atom stereocenters. The van der Waals surface area contributed by atoms with E-state index in [-0.39, 0.29) is 18.1 Å². The van der Waals surface area contributed by atoms with Crippen molar-refractivity contribution in [2.45, 2.75) is 19.5 Å². The van der Waals surface area contributed by atoms with Crippen molar-refractivity contribution in [1.29, 1.82) is 0 Å². The zero-order valence-corrected chi connectivity index (χ0v) is 20.5. The van der Waals surface area contributed by atoms with Crippen LogP contribution < -0.4 is 19.5 Å². The second-order valence-corrected chi connectivity index (χ2v) is 8.33. The van der Waals surface area contributed by atoms with Crippen molar-refractivity contribution in [3.05, 3.63) is 88.9 Å². The van der Waals surface area contributed by atoms with Gasteiger partial charge in [-0.25, -0.2) is 9.18 Å². The van der Waals surface area contributed by atoms with Crippen LogP contribution in [0.4, 0.5) is 4.39 Å². The maximum absolute atomic E-state index is 13.4. The number of ether oxygens (including phenoxy) is 3. The summed E-state index contributed by atoms with van der Waals surface area (Å²) in [7, 11) is 4.82. The summed E-state index contributed by atoms with van der Waals surface area (Å²) in [6.07, 6.45) is 0.671. The molecule has 0 saturated heterocycles. The second-order valence-electron chi connectivity index (χ2n) is 8.33. The van der Waals surface area contributed by atoms with Crippen LogP contribution in [-0.2, 0) is 19.5 Å². The van der Waals surface area contributed by atoms with Gasteiger partial charge in [-0.1, -0.05) is 12.1 Å². The van der Waals surface area contributed by atoms with E-state index < -0.39 is 5.97 Å². The Morgan fingerprint density at radius 1 is 0.944 bits per heavy atom. The van der Waals surface area contributed by atoms with Crippen LogP contribution in [0.15, 0.2) is 60.7 Å². The number of hydrogen-bond donors (Lipinski definition) is 2. The van der Waals surface area contributed by atoms with Gasteiger partial charge in [-0.3, -0.25) is 0 Å². The molecule has 1 heterocycles. The number of fused-ring (bicyclic) bond motifs is 1. The fourth-order valence-corrected chi connectivity index (χ4v) is 4.40. The molecule has 2 N–H and O–H groups in total. The van der Waals surface area contributed by atoms with Crippen LogP contribution >= 0.6 is 0 Å². The first-order valence-corrected chi connectivity index (χ1v) is 11.5. The van der Waals surface area contributed by atoms with E-state index in [0.29, 0.717) is 30.8 Å². The van der Waals surface area contributed by atoms with Gasteiger partial charge in [0.15, 0.2) is 0 Å². The first-order chi connectivity index (χ1) is 17.4. The van der Waals surface area contributed by atoms with Crippen molar-refractivity contribution < 1.29 is 28.5 Å². The van der Waals surface area contributed by atoms with Crippen molar-refractivity contribution in [2.75, 3.05) is 27.9 Å². The van der Waals surface area contributed by atoms with Gasteiger partial charge in [-0.15, -0.1) is 0 Å². The molecule has 0 fully saturated rings. The first-order valence-electron chi connectivity index (χ1n) is 11.5. The van der Waals surface area contributed by atoms with Gasteiger partial charge in [-0.2, -0.15) is 0 Å². The van der Waals surface area contributed by atoms with Crippen LogP contribution in [0.1, 0.15) is 27.2 Å². The SMILES string of the molecule is COc1ccc(OC)c(CCNCc2c(C(=O)O)n(Cc3ccc(F)cc3)c3cc(OC)ccc23)c1. The van der Waals surface area contributed by atoms with Gasteiger partial charge in [0.1, 0.15) is 28.8 Å². The van der Waals surface area contributed by atoms with Crippen LogP contribution in [0.25, 0.3) is 10.9 Å². The van der Waals surface area contributed by atoms with E-state index in [2.05, 4.69) is 5.32 Å². The average molecular weight is 493 g/mol. The van der Waals surface area contributed by atoms with Crippen LogP contribution in [-0.4, -0.2) is 43.5 Å². The summed E-state index contributed by atoms with van der Waals surface area (Å²) in [5, 5.41) is 14.4. The number of benzene rings is 3. The van der Waals surface area contributed by atoms with Crippen molar-refractivity contribution in [1.82, 2.24) is 9.88 Å². The number of rotatable bonds is 11. The Balaban J connectivity index is 1.64. The highest BCUT2D eigenvalue weighted by molar-refractivity contribution is 5.98. The third kappa shape index (κ3) is 5.28. The van der Waals surface area contributed by atoms with E-state index in [4.69, 9.17) is 14.2 Å². The number of carboxylic acids is 1. The van der Waals surface area contributed by atoms with Crippen molar-refractivity contribution >= 4 is 16.9 Å². The molecular weight excluding hydrogens is 463 g/mol. The zero-order valence-electron chi connectivity index (χ0n) is 20.5. The predicted octanol–water partition coefficient (Wildman–Crippen LogP) is 4.89. The third-order valence-electron chi connectivity index (χ3n) is 6.19. The summed E-state index contributed by atoms with van der Waals surface area (Å²) in [6, 6.07) is 17.2. The summed E-state index contributed by atoms with van der Waals surface area (Å²) < 4.78 is 31.4. The molecule has 0 aliphatic heterocycles. The largest absolute Gasteiger partial charge is 0.497 e. The monoisotopic (exact) mass is 492 g/mol. The molecule has 8 heteroatoms. The number of hydrogen-bond acceptors (Lipinski definition) is 5. The molecule has 0 bridgehead atoms. The van der Waals surface area contributed by atoms with Gasteiger partial charge < -0.3 is 29.2 Å². The fraction of sp³-hybridized carbons (Fsp3) is 0.250. The number of nitrogens with one attached hydrogen (secondary N) is 1. The lowest BCUT2D eigenvalue weighted by atomic mass is 10.1. The molecule has 4 aromatic rings. The third-order valence-corrected chi connectivity index (χ3v) is 6.19. The molecule has 188 valence electrons. The summed E-state index contributed by atoms with van der Waals surface area (Å²) in [5.74, 6) is 0.776. The molecule has 0 radical (unpaired) electrons. The van der Waals surface area contributed by atoms with Crippen LogP contribution in [0, 0.1) is 5.82 Å². The molecule has 0 aliphatic rings. The average Bonchev–Trinajstić information content (AvgIpc) is 3.20. The molecule has 0 atom stereocenters. The minimum absolute atomic E-state index is 0.189. The van der Waals surface area contributed by atoms with E-state index in [1.165, 1.54) is 12.1 Å². The molecular formula is C28H29FN2O5. The lowest BCUT2D eigenvalue weighted by Crippen LogP contribution is -2.19. The van der Waals surface area contributed by atoms with Crippen LogP contribution in [0.3, 0.4) is 0 Å².